The molecule has 18 heavy (non-hydrogen) atoms. The Morgan fingerprint density at radius 3 is 2.39 bits per heavy atom. The van der Waals surface area contributed by atoms with E-state index in [4.69, 9.17) is 0 Å². The van der Waals surface area contributed by atoms with Crippen molar-refractivity contribution in [1.29, 1.82) is 0 Å². The monoisotopic (exact) mass is 266 g/mol. The Labute approximate surface area is 111 Å². The summed E-state index contributed by atoms with van der Waals surface area (Å²) in [6.07, 6.45) is 5.25. The first-order valence-corrected chi connectivity index (χ1v) is 8.06. The van der Waals surface area contributed by atoms with Gasteiger partial charge in [0.2, 0.25) is 0 Å². The number of rotatable bonds is 6. The van der Waals surface area contributed by atoms with Crippen LogP contribution in [0.25, 0.3) is 0 Å². The van der Waals surface area contributed by atoms with Crippen LogP contribution in [0.5, 0.6) is 0 Å². The summed E-state index contributed by atoms with van der Waals surface area (Å²) in [5.74, 6) is 0.125. The Kier molecular flexibility index (Phi) is 5.60. The van der Waals surface area contributed by atoms with Gasteiger partial charge in [0.05, 0.1) is 10.6 Å². The largest absolute Gasteiger partial charge is 0.223 e. The van der Waals surface area contributed by atoms with E-state index in [0.717, 1.165) is 30.4 Å². The molecule has 0 aliphatic heterocycles. The summed E-state index contributed by atoms with van der Waals surface area (Å²) in [6.45, 7) is 5.97. The van der Waals surface area contributed by atoms with Crippen molar-refractivity contribution < 1.29 is 8.42 Å². The van der Waals surface area contributed by atoms with Gasteiger partial charge in [-0.25, -0.2) is 8.42 Å². The molecule has 0 saturated heterocycles. The number of hydrogen-bond acceptors (Lipinski definition) is 2. The molecule has 0 atom stereocenters. The zero-order chi connectivity index (χ0) is 13.6. The predicted octanol–water partition coefficient (Wildman–Crippen LogP) is 3.91. The molecule has 0 N–H and O–H groups in total. The molecule has 2 nitrogen and oxygen atoms in total. The zero-order valence-corrected chi connectivity index (χ0v) is 12.3. The minimum Gasteiger partial charge on any atom is -0.223 e. The summed E-state index contributed by atoms with van der Waals surface area (Å²) in [4.78, 5) is 0.413. The number of hydrogen-bond donors (Lipinski definition) is 0. The van der Waals surface area contributed by atoms with Crippen LogP contribution in [0.2, 0.25) is 0 Å². The van der Waals surface area contributed by atoms with E-state index >= 15 is 0 Å². The van der Waals surface area contributed by atoms with Crippen molar-refractivity contribution in [2.24, 2.45) is 0 Å². The number of unbranched alkanes of at least 4 members (excludes halogenated alkanes) is 2. The predicted molar refractivity (Wildman–Crippen MR) is 76.5 cm³/mol. The maximum atomic E-state index is 12.1. The standard InChI is InChI=1S/C15H22O2S/c1-4-5-6-7-14(3)12-18(16,17)15-10-8-13(2)9-11-15/h7-11H,4-6,12H2,1-3H3. The van der Waals surface area contributed by atoms with Crippen LogP contribution >= 0.6 is 0 Å². The SMILES string of the molecule is CCCCC=C(C)CS(=O)(=O)c1ccc(C)cc1. The molecule has 1 rings (SSSR count). The number of sulfone groups is 1. The van der Waals surface area contributed by atoms with Gasteiger partial charge in [-0.05, 0) is 32.4 Å². The summed E-state index contributed by atoms with van der Waals surface area (Å²) in [7, 11) is -3.18. The summed E-state index contributed by atoms with van der Waals surface area (Å²) in [5, 5.41) is 0. The molecule has 0 heterocycles. The molecule has 0 saturated carbocycles. The lowest BCUT2D eigenvalue weighted by atomic mass is 10.2. The van der Waals surface area contributed by atoms with Gasteiger partial charge in [-0.2, -0.15) is 0 Å². The van der Waals surface area contributed by atoms with Crippen molar-refractivity contribution in [1.82, 2.24) is 0 Å². The minimum atomic E-state index is -3.18. The summed E-state index contributed by atoms with van der Waals surface area (Å²) in [6, 6.07) is 7.04. The highest BCUT2D eigenvalue weighted by Gasteiger charge is 2.14. The van der Waals surface area contributed by atoms with Gasteiger partial charge in [-0.1, -0.05) is 49.1 Å². The fourth-order valence-electron chi connectivity index (χ4n) is 1.74. The first-order chi connectivity index (χ1) is 8.45. The highest BCUT2D eigenvalue weighted by atomic mass is 32.2. The zero-order valence-electron chi connectivity index (χ0n) is 11.4. The Hall–Kier alpha value is -1.09. The van der Waals surface area contributed by atoms with Gasteiger partial charge >= 0.3 is 0 Å². The van der Waals surface area contributed by atoms with Crippen LogP contribution in [-0.2, 0) is 9.84 Å². The van der Waals surface area contributed by atoms with Gasteiger partial charge in [0.15, 0.2) is 9.84 Å². The van der Waals surface area contributed by atoms with Crippen LogP contribution in [-0.4, -0.2) is 14.2 Å². The van der Waals surface area contributed by atoms with E-state index < -0.39 is 9.84 Å². The fraction of sp³-hybridized carbons (Fsp3) is 0.467. The number of benzene rings is 1. The molecule has 0 amide bonds. The second-order valence-electron chi connectivity index (χ2n) is 4.76. The molecule has 1 aromatic carbocycles. The van der Waals surface area contributed by atoms with Gasteiger partial charge in [0.1, 0.15) is 0 Å². The second-order valence-corrected chi connectivity index (χ2v) is 6.75. The first kappa shape index (κ1) is 15.0. The van der Waals surface area contributed by atoms with Gasteiger partial charge in [0, 0.05) is 0 Å². The quantitative estimate of drug-likeness (QED) is 0.578. The van der Waals surface area contributed by atoms with Crippen LogP contribution in [0.15, 0.2) is 40.8 Å². The van der Waals surface area contributed by atoms with Gasteiger partial charge < -0.3 is 0 Å². The molecule has 3 heteroatoms. The maximum Gasteiger partial charge on any atom is 0.182 e. The molecule has 0 unspecified atom stereocenters. The van der Waals surface area contributed by atoms with Crippen LogP contribution in [0.4, 0.5) is 0 Å². The van der Waals surface area contributed by atoms with E-state index in [2.05, 4.69) is 6.92 Å². The molecule has 100 valence electrons. The first-order valence-electron chi connectivity index (χ1n) is 6.41. The molecule has 1 aromatic rings. The van der Waals surface area contributed by atoms with E-state index in [0.29, 0.717) is 4.90 Å². The second kappa shape index (κ2) is 6.74. The van der Waals surface area contributed by atoms with Gasteiger partial charge in [0.25, 0.3) is 0 Å². The Morgan fingerprint density at radius 2 is 1.83 bits per heavy atom. The molecule has 0 fully saturated rings. The molecular formula is C15H22O2S. The average Bonchev–Trinajstić information content (AvgIpc) is 2.29. The third-order valence-electron chi connectivity index (χ3n) is 2.85. The summed E-state index contributed by atoms with van der Waals surface area (Å²) in [5.41, 5.74) is 2.01. The molecule has 0 radical (unpaired) electrons. The van der Waals surface area contributed by atoms with E-state index in [9.17, 15) is 8.42 Å². The van der Waals surface area contributed by atoms with Crippen molar-refractivity contribution in [3.63, 3.8) is 0 Å². The van der Waals surface area contributed by atoms with Crippen LogP contribution in [0.1, 0.15) is 38.7 Å². The Morgan fingerprint density at radius 1 is 1.22 bits per heavy atom. The fourth-order valence-corrected chi connectivity index (χ4v) is 3.17. The van der Waals surface area contributed by atoms with Crippen molar-refractivity contribution >= 4 is 9.84 Å². The lowest BCUT2D eigenvalue weighted by Gasteiger charge is -2.05. The van der Waals surface area contributed by atoms with Crippen molar-refractivity contribution in [3.05, 3.63) is 41.5 Å². The van der Waals surface area contributed by atoms with Crippen molar-refractivity contribution in [2.75, 3.05) is 5.75 Å². The molecule has 0 aromatic heterocycles. The van der Waals surface area contributed by atoms with E-state index in [1.54, 1.807) is 12.1 Å². The smallest absolute Gasteiger partial charge is 0.182 e. The Balaban J connectivity index is 2.76. The molecule has 0 aliphatic rings. The van der Waals surface area contributed by atoms with Crippen molar-refractivity contribution in [3.8, 4) is 0 Å². The molecular weight excluding hydrogens is 244 g/mol. The van der Waals surface area contributed by atoms with E-state index in [-0.39, 0.29) is 5.75 Å². The number of allylic oxidation sites excluding steroid dienone is 1. The van der Waals surface area contributed by atoms with E-state index in [1.807, 2.05) is 32.1 Å². The number of aryl methyl sites for hydroxylation is 1. The van der Waals surface area contributed by atoms with Crippen LogP contribution in [0, 0.1) is 6.92 Å². The minimum absolute atomic E-state index is 0.125. The summed E-state index contributed by atoms with van der Waals surface area (Å²) < 4.78 is 24.3. The normalized spacial score (nSPS) is 12.7. The van der Waals surface area contributed by atoms with Crippen LogP contribution in [0.3, 0.4) is 0 Å². The average molecular weight is 266 g/mol. The topological polar surface area (TPSA) is 34.1 Å². The van der Waals surface area contributed by atoms with Crippen LogP contribution < -0.4 is 0 Å². The third kappa shape index (κ3) is 4.65. The maximum absolute atomic E-state index is 12.1. The van der Waals surface area contributed by atoms with E-state index in [1.165, 1.54) is 0 Å². The summed E-state index contributed by atoms with van der Waals surface area (Å²) >= 11 is 0. The molecule has 0 bridgehead atoms. The van der Waals surface area contributed by atoms with Gasteiger partial charge in [-0.3, -0.25) is 0 Å². The van der Waals surface area contributed by atoms with Crippen molar-refractivity contribution in [2.45, 2.75) is 44.9 Å². The van der Waals surface area contributed by atoms with Gasteiger partial charge in [-0.15, -0.1) is 0 Å². The lowest BCUT2D eigenvalue weighted by molar-refractivity contribution is 0.598. The highest BCUT2D eigenvalue weighted by molar-refractivity contribution is 7.91. The molecule has 0 aliphatic carbocycles. The Bertz CT molecular complexity index is 496. The third-order valence-corrected chi connectivity index (χ3v) is 4.67. The molecule has 0 spiro atoms. The lowest BCUT2D eigenvalue weighted by Crippen LogP contribution is -2.07. The highest BCUT2D eigenvalue weighted by Crippen LogP contribution is 2.15.